The Balaban J connectivity index is 2.36. The molecule has 2 bridgehead atoms. The highest BCUT2D eigenvalue weighted by atomic mass is 19.4. The fourth-order valence-corrected chi connectivity index (χ4v) is 2.72. The number of aliphatic carboxylic acids is 1. The first kappa shape index (κ1) is 12.1. The molecule has 17 heavy (non-hydrogen) atoms. The molecule has 2 aliphatic rings. The van der Waals surface area contributed by atoms with E-state index in [0.717, 1.165) is 0 Å². The van der Waals surface area contributed by atoms with Crippen LogP contribution in [0.1, 0.15) is 19.3 Å². The smallest absolute Gasteiger partial charge is 0.471 e. The molecule has 1 aliphatic carbocycles. The first-order valence-electron chi connectivity index (χ1n) is 4.99. The van der Waals surface area contributed by atoms with Crippen LogP contribution in [0, 0.1) is 5.92 Å². The standard InChI is InChI=1S/C9H9F4NO3/c10-8-2-1-4(3-8)5(6(15)16)14(8)7(17)9(11,12)13/h4-5H,1-3H2,(H,15,16)/t4-,5+,8+/m1/s1. The van der Waals surface area contributed by atoms with E-state index < -0.39 is 35.8 Å². The first-order valence-corrected chi connectivity index (χ1v) is 4.99. The van der Waals surface area contributed by atoms with Crippen LogP contribution in [0.25, 0.3) is 0 Å². The Morgan fingerprint density at radius 2 is 1.94 bits per heavy atom. The molecule has 0 aromatic carbocycles. The lowest BCUT2D eigenvalue weighted by Crippen LogP contribution is -2.57. The lowest BCUT2D eigenvalue weighted by molar-refractivity contribution is -0.202. The van der Waals surface area contributed by atoms with E-state index in [1.54, 1.807) is 0 Å². The Kier molecular flexibility index (Phi) is 2.38. The fourth-order valence-electron chi connectivity index (χ4n) is 2.72. The predicted molar refractivity (Wildman–Crippen MR) is 45.5 cm³/mol. The summed E-state index contributed by atoms with van der Waals surface area (Å²) in [7, 11) is 0. The van der Waals surface area contributed by atoms with Crippen molar-refractivity contribution in [1.82, 2.24) is 4.90 Å². The van der Waals surface area contributed by atoms with Gasteiger partial charge in [0, 0.05) is 12.8 Å². The van der Waals surface area contributed by atoms with Gasteiger partial charge in [-0.2, -0.15) is 13.2 Å². The molecule has 2 fully saturated rings. The molecule has 0 aromatic heterocycles. The van der Waals surface area contributed by atoms with Gasteiger partial charge in [-0.25, -0.2) is 9.18 Å². The molecular formula is C9H9F4NO3. The number of carbonyl (C=O) groups excluding carboxylic acids is 1. The Bertz CT molecular complexity index is 383. The number of amides is 1. The van der Waals surface area contributed by atoms with Gasteiger partial charge in [0.25, 0.3) is 0 Å². The highest BCUT2D eigenvalue weighted by molar-refractivity contribution is 5.88. The van der Waals surface area contributed by atoms with E-state index in [9.17, 15) is 27.2 Å². The number of hydrogen-bond acceptors (Lipinski definition) is 2. The van der Waals surface area contributed by atoms with E-state index in [4.69, 9.17) is 5.11 Å². The second-order valence-corrected chi connectivity index (χ2v) is 4.38. The van der Waals surface area contributed by atoms with Crippen molar-refractivity contribution in [2.24, 2.45) is 5.92 Å². The van der Waals surface area contributed by atoms with Gasteiger partial charge in [0.1, 0.15) is 6.04 Å². The minimum atomic E-state index is -5.25. The molecule has 3 atom stereocenters. The zero-order chi connectivity index (χ0) is 13.0. The molecule has 1 amide bonds. The summed E-state index contributed by atoms with van der Waals surface area (Å²) in [5.41, 5.74) is 0. The quantitative estimate of drug-likeness (QED) is 0.567. The molecule has 0 aromatic rings. The Hall–Kier alpha value is -1.34. The topological polar surface area (TPSA) is 57.6 Å². The molecule has 2 rings (SSSR count). The molecule has 4 nitrogen and oxygen atoms in total. The van der Waals surface area contributed by atoms with Gasteiger partial charge in [-0.3, -0.25) is 9.69 Å². The fraction of sp³-hybridized carbons (Fsp3) is 0.778. The number of alkyl halides is 4. The number of rotatable bonds is 1. The van der Waals surface area contributed by atoms with E-state index in [-0.39, 0.29) is 24.2 Å². The number of halogens is 4. The number of nitrogens with zero attached hydrogens (tertiary/aromatic N) is 1. The zero-order valence-electron chi connectivity index (χ0n) is 8.50. The van der Waals surface area contributed by atoms with Crippen molar-refractivity contribution >= 4 is 11.9 Å². The highest BCUT2D eigenvalue weighted by Gasteiger charge is 2.65. The summed E-state index contributed by atoms with van der Waals surface area (Å²) < 4.78 is 50.9. The lowest BCUT2D eigenvalue weighted by Gasteiger charge is -2.36. The summed E-state index contributed by atoms with van der Waals surface area (Å²) in [5, 5.41) is 8.81. The van der Waals surface area contributed by atoms with Gasteiger partial charge in [0.2, 0.25) is 0 Å². The SMILES string of the molecule is O=C(O)[C@@H]1[C@@H]2CC[C@@](F)(C2)N1C(=O)C(F)(F)F. The normalized spacial score (nSPS) is 36.4. The van der Waals surface area contributed by atoms with E-state index in [0.29, 0.717) is 0 Å². The van der Waals surface area contributed by atoms with E-state index in [2.05, 4.69) is 0 Å². The summed E-state index contributed by atoms with van der Waals surface area (Å²) >= 11 is 0. The average molecular weight is 255 g/mol. The number of piperidine rings is 1. The van der Waals surface area contributed by atoms with Gasteiger partial charge in [0.05, 0.1) is 0 Å². The summed E-state index contributed by atoms with van der Waals surface area (Å²) in [6, 6.07) is -1.71. The molecule has 1 N–H and O–H groups in total. The number of carboxylic acid groups (broad SMARTS) is 1. The Morgan fingerprint density at radius 3 is 2.41 bits per heavy atom. The molecule has 1 heterocycles. The van der Waals surface area contributed by atoms with Crippen LogP contribution in [0.2, 0.25) is 0 Å². The number of carboxylic acids is 1. The van der Waals surface area contributed by atoms with Crippen LogP contribution in [0.15, 0.2) is 0 Å². The summed E-state index contributed by atoms with van der Waals surface area (Å²) in [5.74, 6) is -7.19. The number of carbonyl (C=O) groups is 2. The predicted octanol–water partition coefficient (Wildman–Crippen LogP) is 1.31. The van der Waals surface area contributed by atoms with Gasteiger partial charge in [-0.05, 0) is 12.3 Å². The van der Waals surface area contributed by atoms with Crippen molar-refractivity contribution in [3.05, 3.63) is 0 Å². The highest BCUT2D eigenvalue weighted by Crippen LogP contribution is 2.52. The minimum Gasteiger partial charge on any atom is -0.480 e. The summed E-state index contributed by atoms with van der Waals surface area (Å²) in [6.45, 7) is 0. The van der Waals surface area contributed by atoms with Gasteiger partial charge >= 0.3 is 18.1 Å². The number of fused-ring (bicyclic) bond motifs is 2. The zero-order valence-corrected chi connectivity index (χ0v) is 8.50. The van der Waals surface area contributed by atoms with Crippen LogP contribution >= 0.6 is 0 Å². The second-order valence-electron chi connectivity index (χ2n) is 4.38. The monoisotopic (exact) mass is 255 g/mol. The Labute approximate surface area is 93.2 Å². The average Bonchev–Trinajstić information content (AvgIpc) is 2.67. The third-order valence-electron chi connectivity index (χ3n) is 3.34. The van der Waals surface area contributed by atoms with Crippen LogP contribution in [-0.4, -0.2) is 39.9 Å². The molecule has 1 aliphatic heterocycles. The van der Waals surface area contributed by atoms with Crippen molar-refractivity contribution in [3.63, 3.8) is 0 Å². The van der Waals surface area contributed by atoms with E-state index >= 15 is 0 Å². The summed E-state index contributed by atoms with van der Waals surface area (Å²) in [4.78, 5) is 21.8. The molecule has 8 heteroatoms. The van der Waals surface area contributed by atoms with Crippen LogP contribution in [0.4, 0.5) is 17.6 Å². The van der Waals surface area contributed by atoms with E-state index in [1.807, 2.05) is 0 Å². The third kappa shape index (κ3) is 1.66. The minimum absolute atomic E-state index is 0.135. The molecular weight excluding hydrogens is 246 g/mol. The lowest BCUT2D eigenvalue weighted by atomic mass is 9.98. The van der Waals surface area contributed by atoms with Gasteiger partial charge in [-0.15, -0.1) is 0 Å². The molecule has 0 spiro atoms. The maximum absolute atomic E-state index is 14.1. The van der Waals surface area contributed by atoms with Crippen LogP contribution in [0.3, 0.4) is 0 Å². The van der Waals surface area contributed by atoms with Crippen LogP contribution in [0.5, 0.6) is 0 Å². The van der Waals surface area contributed by atoms with Gasteiger partial charge in [0.15, 0.2) is 5.79 Å². The van der Waals surface area contributed by atoms with Crippen molar-refractivity contribution in [1.29, 1.82) is 0 Å². The van der Waals surface area contributed by atoms with E-state index in [1.165, 1.54) is 0 Å². The molecule has 0 unspecified atom stereocenters. The van der Waals surface area contributed by atoms with Crippen LogP contribution in [-0.2, 0) is 9.59 Å². The molecule has 1 saturated carbocycles. The maximum Gasteiger partial charge on any atom is 0.471 e. The number of hydrogen-bond donors (Lipinski definition) is 1. The molecule has 96 valence electrons. The second kappa shape index (κ2) is 3.33. The molecule has 1 saturated heterocycles. The third-order valence-corrected chi connectivity index (χ3v) is 3.34. The van der Waals surface area contributed by atoms with Gasteiger partial charge in [-0.1, -0.05) is 0 Å². The first-order chi connectivity index (χ1) is 7.67. The summed E-state index contributed by atoms with van der Waals surface area (Å²) in [6.07, 6.45) is -5.62. The van der Waals surface area contributed by atoms with Gasteiger partial charge < -0.3 is 5.11 Å². The van der Waals surface area contributed by atoms with Crippen molar-refractivity contribution in [3.8, 4) is 0 Å². The van der Waals surface area contributed by atoms with Crippen molar-refractivity contribution in [2.75, 3.05) is 0 Å². The number of likely N-dealkylation sites (tertiary alicyclic amines) is 1. The van der Waals surface area contributed by atoms with Crippen molar-refractivity contribution in [2.45, 2.75) is 37.3 Å². The molecule has 0 radical (unpaired) electrons. The maximum atomic E-state index is 14.1. The Morgan fingerprint density at radius 1 is 1.35 bits per heavy atom. The largest absolute Gasteiger partial charge is 0.480 e. The van der Waals surface area contributed by atoms with Crippen molar-refractivity contribution < 1.29 is 32.3 Å². The van der Waals surface area contributed by atoms with Crippen LogP contribution < -0.4 is 0 Å².